The van der Waals surface area contributed by atoms with Gasteiger partial charge in [-0.25, -0.2) is 18.7 Å². The lowest BCUT2D eigenvalue weighted by atomic mass is 10.2. The van der Waals surface area contributed by atoms with E-state index in [1.54, 1.807) is 17.5 Å². The summed E-state index contributed by atoms with van der Waals surface area (Å²) in [6.07, 6.45) is 1.24. The van der Waals surface area contributed by atoms with E-state index in [4.69, 9.17) is 0 Å². The molecule has 140 valence electrons. The number of hydrogen-bond acceptors (Lipinski definition) is 5. The minimum Gasteiger partial charge on any atom is -0.300 e. The van der Waals surface area contributed by atoms with Crippen molar-refractivity contribution >= 4 is 33.3 Å². The molecule has 4 aromatic rings. The second-order valence-electron chi connectivity index (χ2n) is 5.93. The maximum Gasteiger partial charge on any atom is 0.261 e. The summed E-state index contributed by atoms with van der Waals surface area (Å²) in [7, 11) is 0. The highest BCUT2D eigenvalue weighted by Gasteiger charge is 2.11. The van der Waals surface area contributed by atoms with Crippen molar-refractivity contribution < 1.29 is 13.6 Å². The number of fused-ring (bicyclic) bond motifs is 1. The van der Waals surface area contributed by atoms with Gasteiger partial charge in [0.05, 0.1) is 22.9 Å². The zero-order valence-corrected chi connectivity index (χ0v) is 15.0. The van der Waals surface area contributed by atoms with Crippen molar-refractivity contribution in [2.45, 2.75) is 6.54 Å². The number of nitrogens with zero attached hydrogens (tertiary/aromatic N) is 3. The lowest BCUT2D eigenvalue weighted by molar-refractivity contribution is -0.116. The molecule has 4 rings (SSSR count). The Morgan fingerprint density at radius 1 is 1.11 bits per heavy atom. The van der Waals surface area contributed by atoms with Gasteiger partial charge in [-0.2, -0.15) is 0 Å². The molecule has 1 amide bonds. The molecule has 0 radical (unpaired) electrons. The molecular formula is C19H12F2N4O2S. The Labute approximate surface area is 161 Å². The molecule has 0 atom stereocenters. The molecule has 2 aromatic heterocycles. The van der Waals surface area contributed by atoms with Crippen LogP contribution in [0.25, 0.3) is 22.2 Å². The highest BCUT2D eigenvalue weighted by molar-refractivity contribution is 7.14. The van der Waals surface area contributed by atoms with Crippen LogP contribution in [0.5, 0.6) is 0 Å². The number of hydrogen-bond donors (Lipinski definition) is 1. The number of carbonyl (C=O) groups is 1. The van der Waals surface area contributed by atoms with Gasteiger partial charge in [0, 0.05) is 10.9 Å². The molecule has 0 fully saturated rings. The van der Waals surface area contributed by atoms with Crippen LogP contribution < -0.4 is 10.9 Å². The molecule has 0 spiro atoms. The van der Waals surface area contributed by atoms with Crippen molar-refractivity contribution in [3.05, 3.63) is 76.2 Å². The van der Waals surface area contributed by atoms with Gasteiger partial charge in [-0.05, 0) is 42.5 Å². The first-order chi connectivity index (χ1) is 13.5. The lowest BCUT2D eigenvalue weighted by Gasteiger charge is -2.06. The van der Waals surface area contributed by atoms with Crippen LogP contribution in [0.4, 0.5) is 13.9 Å². The Balaban J connectivity index is 1.51. The van der Waals surface area contributed by atoms with E-state index < -0.39 is 17.3 Å². The van der Waals surface area contributed by atoms with E-state index in [1.165, 1.54) is 41.9 Å². The number of anilines is 1. The molecule has 6 nitrogen and oxygen atoms in total. The third kappa shape index (κ3) is 3.65. The SMILES string of the molecule is O=C(Cn1cnc2ccc(F)cc2c1=O)Nc1nc(-c2ccc(F)cc2)cs1. The molecule has 0 aliphatic heterocycles. The zero-order chi connectivity index (χ0) is 19.7. The molecule has 0 bridgehead atoms. The molecule has 2 aromatic carbocycles. The van der Waals surface area contributed by atoms with Gasteiger partial charge in [-0.3, -0.25) is 14.2 Å². The molecular weight excluding hydrogens is 386 g/mol. The predicted molar refractivity (Wildman–Crippen MR) is 102 cm³/mol. The van der Waals surface area contributed by atoms with Crippen LogP contribution in [0.1, 0.15) is 0 Å². The summed E-state index contributed by atoms with van der Waals surface area (Å²) in [5.41, 5.74) is 1.16. The Morgan fingerprint density at radius 2 is 1.86 bits per heavy atom. The Kier molecular flexibility index (Phi) is 4.66. The van der Waals surface area contributed by atoms with E-state index in [-0.39, 0.29) is 17.7 Å². The van der Waals surface area contributed by atoms with Crippen LogP contribution in [-0.2, 0) is 11.3 Å². The van der Waals surface area contributed by atoms with Gasteiger partial charge in [-0.15, -0.1) is 11.3 Å². The summed E-state index contributed by atoms with van der Waals surface area (Å²) < 4.78 is 27.5. The third-order valence-electron chi connectivity index (χ3n) is 3.99. The first-order valence-electron chi connectivity index (χ1n) is 8.15. The van der Waals surface area contributed by atoms with Crippen molar-refractivity contribution in [2.24, 2.45) is 0 Å². The highest BCUT2D eigenvalue weighted by Crippen LogP contribution is 2.25. The third-order valence-corrected chi connectivity index (χ3v) is 4.75. The topological polar surface area (TPSA) is 76.9 Å². The molecule has 1 N–H and O–H groups in total. The summed E-state index contributed by atoms with van der Waals surface area (Å²) in [4.78, 5) is 33.0. The summed E-state index contributed by atoms with van der Waals surface area (Å²) in [6.45, 7) is -0.288. The van der Waals surface area contributed by atoms with Gasteiger partial charge in [0.1, 0.15) is 18.2 Å². The standard InChI is InChI=1S/C19H12F2N4O2S/c20-12-3-1-11(2-4-12)16-9-28-19(23-16)24-17(26)8-25-10-22-15-6-5-13(21)7-14(15)18(25)27/h1-7,9-10H,8H2,(H,23,24,26). The summed E-state index contributed by atoms with van der Waals surface area (Å²) in [6, 6.07) is 9.56. The Morgan fingerprint density at radius 3 is 2.64 bits per heavy atom. The van der Waals surface area contributed by atoms with Crippen LogP contribution in [-0.4, -0.2) is 20.4 Å². The van der Waals surface area contributed by atoms with E-state index in [1.807, 2.05) is 0 Å². The monoisotopic (exact) mass is 398 g/mol. The molecule has 0 aliphatic carbocycles. The number of carbonyl (C=O) groups excluding carboxylic acids is 1. The van der Waals surface area contributed by atoms with Crippen molar-refractivity contribution in [3.8, 4) is 11.3 Å². The summed E-state index contributed by atoms with van der Waals surface area (Å²) in [5, 5.41) is 4.79. The van der Waals surface area contributed by atoms with Crippen LogP contribution in [0.3, 0.4) is 0 Å². The van der Waals surface area contributed by atoms with Gasteiger partial charge >= 0.3 is 0 Å². The number of rotatable bonds is 4. The quantitative estimate of drug-likeness (QED) is 0.571. The Bertz CT molecular complexity index is 1230. The van der Waals surface area contributed by atoms with Crippen molar-refractivity contribution in [1.82, 2.24) is 14.5 Å². The van der Waals surface area contributed by atoms with E-state index in [9.17, 15) is 18.4 Å². The number of halogens is 2. The second-order valence-corrected chi connectivity index (χ2v) is 6.79. The fourth-order valence-corrected chi connectivity index (χ4v) is 3.38. The zero-order valence-electron chi connectivity index (χ0n) is 14.2. The molecule has 0 unspecified atom stereocenters. The van der Waals surface area contributed by atoms with Crippen molar-refractivity contribution in [1.29, 1.82) is 0 Å². The second kappa shape index (κ2) is 7.28. The maximum atomic E-state index is 13.4. The van der Waals surface area contributed by atoms with Crippen molar-refractivity contribution in [2.75, 3.05) is 5.32 Å². The van der Waals surface area contributed by atoms with E-state index in [2.05, 4.69) is 15.3 Å². The number of benzene rings is 2. The average molecular weight is 398 g/mol. The first kappa shape index (κ1) is 17.9. The molecule has 0 saturated carbocycles. The number of amides is 1. The number of thiazole rings is 1. The van der Waals surface area contributed by atoms with Gasteiger partial charge in [-0.1, -0.05) is 0 Å². The van der Waals surface area contributed by atoms with Crippen LogP contribution in [0, 0.1) is 11.6 Å². The fourth-order valence-electron chi connectivity index (χ4n) is 2.64. The fraction of sp³-hybridized carbons (Fsp3) is 0.0526. The van der Waals surface area contributed by atoms with Crippen molar-refractivity contribution in [3.63, 3.8) is 0 Å². The van der Waals surface area contributed by atoms with Crippen LogP contribution >= 0.6 is 11.3 Å². The largest absolute Gasteiger partial charge is 0.300 e. The number of nitrogens with one attached hydrogen (secondary N) is 1. The highest BCUT2D eigenvalue weighted by atomic mass is 32.1. The minimum atomic E-state index is -0.551. The summed E-state index contributed by atoms with van der Waals surface area (Å²) >= 11 is 1.21. The maximum absolute atomic E-state index is 13.4. The molecule has 28 heavy (non-hydrogen) atoms. The van der Waals surface area contributed by atoms with E-state index in [0.717, 1.165) is 16.2 Å². The lowest BCUT2D eigenvalue weighted by Crippen LogP contribution is -2.27. The van der Waals surface area contributed by atoms with Gasteiger partial charge < -0.3 is 5.32 Å². The van der Waals surface area contributed by atoms with Crippen LogP contribution in [0.2, 0.25) is 0 Å². The van der Waals surface area contributed by atoms with Gasteiger partial charge in [0.15, 0.2) is 5.13 Å². The van der Waals surface area contributed by atoms with Gasteiger partial charge in [0.2, 0.25) is 5.91 Å². The van der Waals surface area contributed by atoms with Crippen LogP contribution in [0.15, 0.2) is 59.0 Å². The molecule has 0 aliphatic rings. The molecule has 2 heterocycles. The molecule has 0 saturated heterocycles. The molecule has 9 heteroatoms. The van der Waals surface area contributed by atoms with Gasteiger partial charge in [0.25, 0.3) is 5.56 Å². The first-order valence-corrected chi connectivity index (χ1v) is 9.03. The Hall–Kier alpha value is -3.46. The number of aromatic nitrogens is 3. The summed E-state index contributed by atoms with van der Waals surface area (Å²) in [5.74, 6) is -1.37. The average Bonchev–Trinajstić information content (AvgIpc) is 3.13. The predicted octanol–water partition coefficient (Wildman–Crippen LogP) is 3.44. The van der Waals surface area contributed by atoms with E-state index >= 15 is 0 Å². The van der Waals surface area contributed by atoms with E-state index in [0.29, 0.717) is 16.3 Å². The normalized spacial score (nSPS) is 10.9. The minimum absolute atomic E-state index is 0.100. The smallest absolute Gasteiger partial charge is 0.261 e.